The van der Waals surface area contributed by atoms with Crippen LogP contribution in [0.4, 0.5) is 0 Å². The fourth-order valence-electron chi connectivity index (χ4n) is 2.32. The lowest BCUT2D eigenvalue weighted by molar-refractivity contribution is -0.134. The summed E-state index contributed by atoms with van der Waals surface area (Å²) >= 11 is 0. The summed E-state index contributed by atoms with van der Waals surface area (Å²) in [5, 5.41) is 0. The normalized spacial score (nSPS) is 11.1. The van der Waals surface area contributed by atoms with Crippen molar-refractivity contribution in [2.75, 3.05) is 7.11 Å². The Hall–Kier alpha value is -2.35. The first-order valence-corrected chi connectivity index (χ1v) is 7.54. The summed E-state index contributed by atoms with van der Waals surface area (Å²) in [6.07, 6.45) is 4.29. The zero-order chi connectivity index (χ0) is 15.9. The SMILES string of the molecule is COC(=O)/C=C/c1ccc(-c2ccc(CC(C)C)cc2)cc1. The fraction of sp³-hybridized carbons (Fsp3) is 0.250. The molecule has 0 spiro atoms. The van der Waals surface area contributed by atoms with Gasteiger partial charge < -0.3 is 4.74 Å². The molecule has 0 aliphatic heterocycles. The van der Waals surface area contributed by atoms with Crippen molar-refractivity contribution >= 4 is 12.0 Å². The molecule has 0 N–H and O–H groups in total. The van der Waals surface area contributed by atoms with Gasteiger partial charge in [0.05, 0.1) is 7.11 Å². The maximum atomic E-state index is 11.1. The first-order valence-electron chi connectivity index (χ1n) is 7.54. The fourth-order valence-corrected chi connectivity index (χ4v) is 2.32. The van der Waals surface area contributed by atoms with Crippen LogP contribution in [0.2, 0.25) is 0 Å². The molecule has 2 heteroatoms. The molecule has 0 saturated heterocycles. The van der Waals surface area contributed by atoms with E-state index >= 15 is 0 Å². The van der Waals surface area contributed by atoms with Crippen LogP contribution in [-0.2, 0) is 16.0 Å². The number of hydrogen-bond acceptors (Lipinski definition) is 2. The topological polar surface area (TPSA) is 26.3 Å². The molecule has 0 radical (unpaired) electrons. The Morgan fingerprint density at radius 1 is 1.00 bits per heavy atom. The summed E-state index contributed by atoms with van der Waals surface area (Å²) in [7, 11) is 1.37. The zero-order valence-electron chi connectivity index (χ0n) is 13.4. The number of carbonyl (C=O) groups excluding carboxylic acids is 1. The number of rotatable bonds is 5. The van der Waals surface area contributed by atoms with Gasteiger partial charge in [0, 0.05) is 6.08 Å². The van der Waals surface area contributed by atoms with Crippen LogP contribution in [0.1, 0.15) is 25.0 Å². The Labute approximate surface area is 132 Å². The van der Waals surface area contributed by atoms with E-state index in [-0.39, 0.29) is 5.97 Å². The predicted molar refractivity (Wildman–Crippen MR) is 91.5 cm³/mol. The molecule has 0 atom stereocenters. The first kappa shape index (κ1) is 16.0. The van der Waals surface area contributed by atoms with E-state index in [1.165, 1.54) is 29.9 Å². The van der Waals surface area contributed by atoms with Gasteiger partial charge >= 0.3 is 5.97 Å². The van der Waals surface area contributed by atoms with E-state index in [1.54, 1.807) is 6.08 Å². The van der Waals surface area contributed by atoms with Crippen LogP contribution < -0.4 is 0 Å². The van der Waals surface area contributed by atoms with Crippen LogP contribution in [-0.4, -0.2) is 13.1 Å². The Bertz CT molecular complexity index is 634. The van der Waals surface area contributed by atoms with E-state index in [1.807, 2.05) is 12.1 Å². The number of methoxy groups -OCH3 is 1. The highest BCUT2D eigenvalue weighted by molar-refractivity contribution is 5.87. The van der Waals surface area contributed by atoms with Gasteiger partial charge in [-0.05, 0) is 40.7 Å². The molecule has 2 aromatic rings. The Balaban J connectivity index is 2.10. The molecule has 0 bridgehead atoms. The van der Waals surface area contributed by atoms with Crippen molar-refractivity contribution in [2.45, 2.75) is 20.3 Å². The minimum Gasteiger partial charge on any atom is -0.466 e. The van der Waals surface area contributed by atoms with Gasteiger partial charge in [-0.25, -0.2) is 4.79 Å². The molecule has 0 amide bonds. The van der Waals surface area contributed by atoms with E-state index in [2.05, 4.69) is 55.0 Å². The summed E-state index contributed by atoms with van der Waals surface area (Å²) in [4.78, 5) is 11.1. The molecule has 2 nitrogen and oxygen atoms in total. The van der Waals surface area contributed by atoms with Crippen LogP contribution in [0, 0.1) is 5.92 Å². The largest absolute Gasteiger partial charge is 0.466 e. The van der Waals surface area contributed by atoms with Crippen molar-refractivity contribution < 1.29 is 9.53 Å². The van der Waals surface area contributed by atoms with Crippen LogP contribution in [0.5, 0.6) is 0 Å². The highest BCUT2D eigenvalue weighted by atomic mass is 16.5. The lowest BCUT2D eigenvalue weighted by atomic mass is 9.98. The van der Waals surface area contributed by atoms with Gasteiger partial charge in [0.25, 0.3) is 0 Å². The first-order chi connectivity index (χ1) is 10.6. The highest BCUT2D eigenvalue weighted by Gasteiger charge is 2.00. The standard InChI is InChI=1S/C20H22O2/c1-15(2)14-17-6-11-19(12-7-17)18-9-4-16(5-10-18)8-13-20(21)22-3/h4-13,15H,14H2,1-3H3/b13-8+. The number of carbonyl (C=O) groups is 1. The lowest BCUT2D eigenvalue weighted by Crippen LogP contribution is -1.93. The van der Waals surface area contributed by atoms with Gasteiger partial charge in [0.15, 0.2) is 0 Å². The smallest absolute Gasteiger partial charge is 0.330 e. The minimum absolute atomic E-state index is 0.343. The maximum Gasteiger partial charge on any atom is 0.330 e. The number of hydrogen-bond donors (Lipinski definition) is 0. The molecule has 0 aliphatic carbocycles. The highest BCUT2D eigenvalue weighted by Crippen LogP contribution is 2.21. The van der Waals surface area contributed by atoms with Crippen LogP contribution in [0.3, 0.4) is 0 Å². The molecule has 2 rings (SSSR count). The molecular formula is C20H22O2. The maximum absolute atomic E-state index is 11.1. The molecule has 0 heterocycles. The van der Waals surface area contributed by atoms with Crippen molar-refractivity contribution in [3.05, 3.63) is 65.7 Å². The molecule has 0 unspecified atom stereocenters. The van der Waals surface area contributed by atoms with Gasteiger partial charge in [0.2, 0.25) is 0 Å². The summed E-state index contributed by atoms with van der Waals surface area (Å²) < 4.78 is 4.58. The Kier molecular flexibility index (Phi) is 5.54. The molecule has 0 fully saturated rings. The monoisotopic (exact) mass is 294 g/mol. The molecule has 22 heavy (non-hydrogen) atoms. The van der Waals surface area contributed by atoms with Gasteiger partial charge in [0.1, 0.15) is 0 Å². The number of esters is 1. The van der Waals surface area contributed by atoms with Gasteiger partial charge in [-0.1, -0.05) is 62.4 Å². The molecule has 0 saturated carbocycles. The minimum atomic E-state index is -0.343. The molecular weight excluding hydrogens is 272 g/mol. The molecule has 114 valence electrons. The van der Waals surface area contributed by atoms with E-state index < -0.39 is 0 Å². The van der Waals surface area contributed by atoms with Crippen LogP contribution in [0.15, 0.2) is 54.6 Å². The van der Waals surface area contributed by atoms with Gasteiger partial charge in [-0.15, -0.1) is 0 Å². The van der Waals surface area contributed by atoms with Crippen molar-refractivity contribution in [3.63, 3.8) is 0 Å². The second-order valence-electron chi connectivity index (χ2n) is 5.77. The summed E-state index contributed by atoms with van der Waals surface area (Å²) in [5.74, 6) is 0.330. The second-order valence-corrected chi connectivity index (χ2v) is 5.77. The average Bonchev–Trinajstić information content (AvgIpc) is 2.53. The van der Waals surface area contributed by atoms with Gasteiger partial charge in [-0.3, -0.25) is 0 Å². The van der Waals surface area contributed by atoms with Crippen molar-refractivity contribution in [2.24, 2.45) is 5.92 Å². The number of benzene rings is 2. The van der Waals surface area contributed by atoms with Crippen LogP contribution >= 0.6 is 0 Å². The molecule has 2 aromatic carbocycles. The van der Waals surface area contributed by atoms with Gasteiger partial charge in [-0.2, -0.15) is 0 Å². The summed E-state index contributed by atoms with van der Waals surface area (Å²) in [6, 6.07) is 16.8. The average molecular weight is 294 g/mol. The van der Waals surface area contributed by atoms with Crippen molar-refractivity contribution in [1.29, 1.82) is 0 Å². The lowest BCUT2D eigenvalue weighted by Gasteiger charge is -2.07. The second kappa shape index (κ2) is 7.60. The number of ether oxygens (including phenoxy) is 1. The third-order valence-electron chi connectivity index (χ3n) is 3.45. The zero-order valence-corrected chi connectivity index (χ0v) is 13.4. The molecule has 0 aliphatic rings. The van der Waals surface area contributed by atoms with Crippen molar-refractivity contribution in [3.8, 4) is 11.1 Å². The molecule has 0 aromatic heterocycles. The quantitative estimate of drug-likeness (QED) is 0.588. The van der Waals surface area contributed by atoms with E-state index in [0.29, 0.717) is 5.92 Å². The third kappa shape index (κ3) is 4.59. The van der Waals surface area contributed by atoms with E-state index in [4.69, 9.17) is 0 Å². The summed E-state index contributed by atoms with van der Waals surface area (Å²) in [5.41, 5.74) is 4.73. The van der Waals surface area contributed by atoms with Crippen molar-refractivity contribution in [1.82, 2.24) is 0 Å². The predicted octanol–water partition coefficient (Wildman–Crippen LogP) is 4.74. The Morgan fingerprint density at radius 3 is 2.05 bits per heavy atom. The Morgan fingerprint density at radius 2 is 1.55 bits per heavy atom. The third-order valence-corrected chi connectivity index (χ3v) is 3.45. The van der Waals surface area contributed by atoms with E-state index in [9.17, 15) is 4.79 Å². The summed E-state index contributed by atoms with van der Waals surface area (Å²) in [6.45, 7) is 4.46. The van der Waals surface area contributed by atoms with E-state index in [0.717, 1.165) is 12.0 Å². The van der Waals surface area contributed by atoms with Crippen LogP contribution in [0.25, 0.3) is 17.2 Å².